The number of hydrogen-bond donors (Lipinski definition) is 0. The molecule has 0 aromatic heterocycles. The SMILES string of the molecule is CCOc1ccccc1N(CC(=O)N1CCN(c2ccc(OC)cc2)CC1)S(=O)(=O)c1ccc(C)cc1. The molecule has 3 aromatic rings. The van der Waals surface area contributed by atoms with E-state index in [1.165, 1.54) is 4.31 Å². The summed E-state index contributed by atoms with van der Waals surface area (Å²) in [5.41, 5.74) is 2.35. The number of ether oxygens (including phenoxy) is 2. The first-order chi connectivity index (χ1) is 17.8. The van der Waals surface area contributed by atoms with Crippen LogP contribution < -0.4 is 18.7 Å². The number of anilines is 2. The molecule has 0 unspecified atom stereocenters. The molecule has 8 nitrogen and oxygen atoms in total. The Morgan fingerprint density at radius 3 is 2.19 bits per heavy atom. The van der Waals surface area contributed by atoms with Crippen LogP contribution in [-0.2, 0) is 14.8 Å². The molecule has 0 N–H and O–H groups in total. The lowest BCUT2D eigenvalue weighted by Crippen LogP contribution is -2.52. The number of aryl methyl sites for hydroxylation is 1. The van der Waals surface area contributed by atoms with E-state index in [4.69, 9.17) is 9.47 Å². The number of para-hydroxylation sites is 2. The summed E-state index contributed by atoms with van der Waals surface area (Å²) in [5.74, 6) is 0.953. The molecule has 196 valence electrons. The van der Waals surface area contributed by atoms with Crippen molar-refractivity contribution in [2.75, 3.05) is 55.6 Å². The number of benzene rings is 3. The van der Waals surface area contributed by atoms with Gasteiger partial charge in [0.2, 0.25) is 5.91 Å². The predicted octanol–water partition coefficient (Wildman–Crippen LogP) is 3.95. The van der Waals surface area contributed by atoms with E-state index in [0.29, 0.717) is 44.2 Å². The van der Waals surface area contributed by atoms with Crippen LogP contribution in [0.2, 0.25) is 0 Å². The van der Waals surface area contributed by atoms with Crippen LogP contribution >= 0.6 is 0 Å². The van der Waals surface area contributed by atoms with Crippen LogP contribution in [0.3, 0.4) is 0 Å². The predicted molar refractivity (Wildman–Crippen MR) is 145 cm³/mol. The molecule has 3 aromatic carbocycles. The van der Waals surface area contributed by atoms with E-state index >= 15 is 0 Å². The number of nitrogens with zero attached hydrogens (tertiary/aromatic N) is 3. The van der Waals surface area contributed by atoms with Gasteiger partial charge in [0.15, 0.2) is 0 Å². The summed E-state index contributed by atoms with van der Waals surface area (Å²) in [5, 5.41) is 0. The van der Waals surface area contributed by atoms with Crippen molar-refractivity contribution in [3.8, 4) is 11.5 Å². The second-order valence-corrected chi connectivity index (χ2v) is 10.7. The van der Waals surface area contributed by atoms with Crippen molar-refractivity contribution in [1.82, 2.24) is 4.90 Å². The maximum absolute atomic E-state index is 13.8. The average Bonchev–Trinajstić information content (AvgIpc) is 2.92. The summed E-state index contributed by atoms with van der Waals surface area (Å²) in [7, 11) is -2.39. The molecular weight excluding hydrogens is 490 g/mol. The Kier molecular flexibility index (Phi) is 8.23. The van der Waals surface area contributed by atoms with E-state index in [1.807, 2.05) is 38.1 Å². The van der Waals surface area contributed by atoms with E-state index in [-0.39, 0.29) is 17.3 Å². The molecule has 1 saturated heterocycles. The quantitative estimate of drug-likeness (QED) is 0.423. The number of sulfonamides is 1. The van der Waals surface area contributed by atoms with Gasteiger partial charge in [0.05, 0.1) is 24.3 Å². The van der Waals surface area contributed by atoms with Crippen molar-refractivity contribution in [2.45, 2.75) is 18.7 Å². The topological polar surface area (TPSA) is 79.4 Å². The van der Waals surface area contributed by atoms with Gasteiger partial charge in [-0.25, -0.2) is 8.42 Å². The molecule has 0 aliphatic carbocycles. The number of rotatable bonds is 9. The zero-order valence-electron chi connectivity index (χ0n) is 21.5. The Balaban J connectivity index is 1.55. The molecule has 1 amide bonds. The lowest BCUT2D eigenvalue weighted by Gasteiger charge is -2.37. The van der Waals surface area contributed by atoms with Crippen molar-refractivity contribution in [1.29, 1.82) is 0 Å². The van der Waals surface area contributed by atoms with Gasteiger partial charge in [-0.05, 0) is 62.4 Å². The largest absolute Gasteiger partial charge is 0.497 e. The fourth-order valence-corrected chi connectivity index (χ4v) is 5.73. The minimum atomic E-state index is -4.02. The summed E-state index contributed by atoms with van der Waals surface area (Å²) < 4.78 is 39.7. The van der Waals surface area contributed by atoms with Gasteiger partial charge >= 0.3 is 0 Å². The summed E-state index contributed by atoms with van der Waals surface area (Å²) in [6.45, 7) is 6.08. The molecule has 0 saturated carbocycles. The van der Waals surface area contributed by atoms with Gasteiger partial charge in [0.25, 0.3) is 10.0 Å². The Hall–Kier alpha value is -3.72. The molecule has 4 rings (SSSR count). The highest BCUT2D eigenvalue weighted by Crippen LogP contribution is 2.33. The molecule has 0 spiro atoms. The first-order valence-corrected chi connectivity index (χ1v) is 13.8. The maximum Gasteiger partial charge on any atom is 0.264 e. The number of methoxy groups -OCH3 is 1. The maximum atomic E-state index is 13.8. The minimum Gasteiger partial charge on any atom is -0.497 e. The van der Waals surface area contributed by atoms with Gasteiger partial charge in [-0.1, -0.05) is 29.8 Å². The van der Waals surface area contributed by atoms with Crippen LogP contribution in [0.1, 0.15) is 12.5 Å². The minimum absolute atomic E-state index is 0.126. The van der Waals surface area contributed by atoms with Crippen molar-refractivity contribution < 1.29 is 22.7 Å². The van der Waals surface area contributed by atoms with Gasteiger partial charge in [0.1, 0.15) is 18.0 Å². The van der Waals surface area contributed by atoms with Gasteiger partial charge in [-0.2, -0.15) is 0 Å². The molecule has 0 radical (unpaired) electrons. The van der Waals surface area contributed by atoms with Crippen LogP contribution in [-0.4, -0.2) is 65.7 Å². The lowest BCUT2D eigenvalue weighted by atomic mass is 10.2. The summed E-state index contributed by atoms with van der Waals surface area (Å²) in [6.07, 6.45) is 0. The highest BCUT2D eigenvalue weighted by molar-refractivity contribution is 7.92. The van der Waals surface area contributed by atoms with Crippen molar-refractivity contribution in [3.63, 3.8) is 0 Å². The molecule has 1 heterocycles. The molecule has 1 fully saturated rings. The molecule has 37 heavy (non-hydrogen) atoms. The molecule has 9 heteroatoms. The Morgan fingerprint density at radius 2 is 1.57 bits per heavy atom. The summed E-state index contributed by atoms with van der Waals surface area (Å²) in [4.78, 5) is 17.5. The lowest BCUT2D eigenvalue weighted by molar-refractivity contribution is -0.129. The third-order valence-electron chi connectivity index (χ3n) is 6.39. The van der Waals surface area contributed by atoms with Gasteiger partial charge < -0.3 is 19.3 Å². The van der Waals surface area contributed by atoms with E-state index < -0.39 is 10.0 Å². The fourth-order valence-electron chi connectivity index (χ4n) is 4.31. The third kappa shape index (κ3) is 5.99. The van der Waals surface area contributed by atoms with Crippen molar-refractivity contribution >= 4 is 27.3 Å². The number of carbonyl (C=O) groups is 1. The second kappa shape index (κ2) is 11.6. The monoisotopic (exact) mass is 523 g/mol. The molecular formula is C28H33N3O5S. The number of carbonyl (C=O) groups excluding carboxylic acids is 1. The average molecular weight is 524 g/mol. The highest BCUT2D eigenvalue weighted by Gasteiger charge is 2.32. The fraction of sp³-hybridized carbons (Fsp3) is 0.321. The van der Waals surface area contributed by atoms with E-state index in [2.05, 4.69) is 4.90 Å². The van der Waals surface area contributed by atoms with Gasteiger partial charge in [-0.15, -0.1) is 0 Å². The van der Waals surface area contributed by atoms with Crippen LogP contribution in [0, 0.1) is 6.92 Å². The van der Waals surface area contributed by atoms with Gasteiger partial charge in [-0.3, -0.25) is 9.10 Å². The normalized spacial score (nSPS) is 13.8. The zero-order chi connectivity index (χ0) is 26.4. The standard InChI is InChI=1S/C28H33N3O5S/c1-4-36-27-8-6-5-7-26(27)31(37(33,34)25-15-9-22(2)10-16-25)21-28(32)30-19-17-29(18-20-30)23-11-13-24(35-3)14-12-23/h5-16H,4,17-21H2,1-3H3. The Labute approximate surface area is 219 Å². The second-order valence-electron chi connectivity index (χ2n) is 8.79. The number of hydrogen-bond acceptors (Lipinski definition) is 6. The van der Waals surface area contributed by atoms with E-state index in [1.54, 1.807) is 60.5 Å². The molecule has 0 atom stereocenters. The Morgan fingerprint density at radius 1 is 0.919 bits per heavy atom. The number of amides is 1. The summed E-state index contributed by atoms with van der Waals surface area (Å²) in [6, 6.07) is 21.4. The molecule has 1 aliphatic rings. The van der Waals surface area contributed by atoms with Crippen molar-refractivity contribution in [3.05, 3.63) is 78.4 Å². The van der Waals surface area contributed by atoms with Crippen LogP contribution in [0.15, 0.2) is 77.7 Å². The van der Waals surface area contributed by atoms with E-state index in [9.17, 15) is 13.2 Å². The van der Waals surface area contributed by atoms with Crippen LogP contribution in [0.5, 0.6) is 11.5 Å². The number of piperazine rings is 1. The molecule has 1 aliphatic heterocycles. The van der Waals surface area contributed by atoms with Crippen LogP contribution in [0.25, 0.3) is 0 Å². The van der Waals surface area contributed by atoms with Gasteiger partial charge in [0, 0.05) is 31.9 Å². The zero-order valence-corrected chi connectivity index (χ0v) is 22.3. The highest BCUT2D eigenvalue weighted by atomic mass is 32.2. The Bertz CT molecular complexity index is 1300. The smallest absolute Gasteiger partial charge is 0.264 e. The molecule has 0 bridgehead atoms. The van der Waals surface area contributed by atoms with Crippen molar-refractivity contribution in [2.24, 2.45) is 0 Å². The third-order valence-corrected chi connectivity index (χ3v) is 8.17. The first kappa shape index (κ1) is 26.3. The van der Waals surface area contributed by atoms with E-state index in [0.717, 1.165) is 17.0 Å². The van der Waals surface area contributed by atoms with Crippen LogP contribution in [0.4, 0.5) is 11.4 Å². The first-order valence-electron chi connectivity index (χ1n) is 12.3. The summed E-state index contributed by atoms with van der Waals surface area (Å²) >= 11 is 0.